The number of benzene rings is 2. The van der Waals surface area contributed by atoms with Crippen LogP contribution in [-0.4, -0.2) is 24.6 Å². The third-order valence-electron chi connectivity index (χ3n) is 5.78. The van der Waals surface area contributed by atoms with E-state index in [-0.39, 0.29) is 16.5 Å². The second-order valence-electron chi connectivity index (χ2n) is 7.33. The number of ketones is 1. The van der Waals surface area contributed by atoms with Crippen LogP contribution in [0, 0.1) is 11.3 Å². The number of Topliss-reactive ketones (excluding diaryl/α,β-unsaturated/α-hetero) is 1. The molecular weight excluding hydrogens is 388 g/mol. The Labute approximate surface area is 167 Å². The molecule has 0 radical (unpaired) electrons. The van der Waals surface area contributed by atoms with Gasteiger partial charge in [0.2, 0.25) is 20.9 Å². The van der Waals surface area contributed by atoms with Crippen LogP contribution in [0.4, 0.5) is 0 Å². The van der Waals surface area contributed by atoms with Gasteiger partial charge in [0.15, 0.2) is 11.5 Å². The molecule has 0 fully saturated rings. The molecule has 0 N–H and O–H groups in total. The van der Waals surface area contributed by atoms with Crippen LogP contribution in [0.1, 0.15) is 45.9 Å². The van der Waals surface area contributed by atoms with Gasteiger partial charge in [-0.1, -0.05) is 41.6 Å². The van der Waals surface area contributed by atoms with Crippen molar-refractivity contribution in [3.63, 3.8) is 0 Å². The number of fused-ring (bicyclic) bond motifs is 3. The zero-order valence-electron chi connectivity index (χ0n) is 15.3. The van der Waals surface area contributed by atoms with E-state index in [1.54, 1.807) is 24.3 Å². The molecule has 6 nitrogen and oxygen atoms in total. The molecule has 0 bridgehead atoms. The van der Waals surface area contributed by atoms with Crippen molar-refractivity contribution in [1.29, 1.82) is 5.26 Å². The predicted molar refractivity (Wildman–Crippen MR) is 104 cm³/mol. The van der Waals surface area contributed by atoms with Gasteiger partial charge in [-0.15, -0.1) is 0 Å². The average molecular weight is 404 g/mol. The van der Waals surface area contributed by atoms with Gasteiger partial charge < -0.3 is 4.52 Å². The van der Waals surface area contributed by atoms with Crippen LogP contribution >= 0.6 is 0 Å². The number of nitrogens with zero attached hydrogens (tertiary/aromatic N) is 2. The molecule has 0 saturated carbocycles. The second-order valence-corrected chi connectivity index (χ2v) is 9.36. The monoisotopic (exact) mass is 404 g/mol. The van der Waals surface area contributed by atoms with Crippen molar-refractivity contribution in [3.8, 4) is 17.4 Å². The van der Waals surface area contributed by atoms with Gasteiger partial charge in [0.25, 0.3) is 0 Å². The molecule has 0 amide bonds. The van der Waals surface area contributed by atoms with E-state index in [0.29, 0.717) is 11.3 Å². The number of aryl methyl sites for hydroxylation is 1. The van der Waals surface area contributed by atoms with E-state index >= 15 is 0 Å². The highest BCUT2D eigenvalue weighted by Gasteiger charge is 2.44. The average Bonchev–Trinajstić information content (AvgIpc) is 3.30. The Morgan fingerprint density at radius 2 is 1.93 bits per heavy atom. The standard InChI is InChI=1S/C22H16N2O4S/c23-12-17(29(26,27)14-8-2-1-3-9-14)21(25)20-19-15-10-4-6-13-7-5-11-16(18(13)15)22(19)28-24-20/h1-3,5,7-9,11,15,17H,4,6,10H2. The van der Waals surface area contributed by atoms with Gasteiger partial charge in [0, 0.05) is 17.0 Å². The third kappa shape index (κ3) is 2.49. The number of sulfone groups is 1. The summed E-state index contributed by atoms with van der Waals surface area (Å²) >= 11 is 0. The first-order valence-electron chi connectivity index (χ1n) is 9.38. The van der Waals surface area contributed by atoms with E-state index in [4.69, 9.17) is 4.52 Å². The lowest BCUT2D eigenvalue weighted by molar-refractivity contribution is 0.0991. The molecule has 1 aromatic heterocycles. The number of carbonyl (C=O) groups excluding carboxylic acids is 1. The quantitative estimate of drug-likeness (QED) is 0.615. The SMILES string of the molecule is N#CC(C(=O)c1noc2c1C1CCCc3cccc-2c31)S(=O)(=O)c1ccccc1. The molecule has 0 spiro atoms. The Bertz CT molecular complexity index is 1290. The van der Waals surface area contributed by atoms with Crippen LogP contribution in [0.3, 0.4) is 0 Å². The number of hydrogen-bond donors (Lipinski definition) is 0. The highest BCUT2D eigenvalue weighted by molar-refractivity contribution is 7.93. The molecule has 2 atom stereocenters. The van der Waals surface area contributed by atoms with Gasteiger partial charge in [-0.05, 0) is 42.5 Å². The van der Waals surface area contributed by atoms with Crippen molar-refractivity contribution in [2.45, 2.75) is 35.3 Å². The maximum atomic E-state index is 13.2. The summed E-state index contributed by atoms with van der Waals surface area (Å²) in [6, 6.07) is 15.2. The molecule has 2 aliphatic carbocycles. The number of carbonyl (C=O) groups is 1. The summed E-state index contributed by atoms with van der Waals surface area (Å²) in [6.45, 7) is 0. The van der Waals surface area contributed by atoms with E-state index in [2.05, 4.69) is 11.2 Å². The molecule has 0 saturated heterocycles. The van der Waals surface area contributed by atoms with Gasteiger partial charge >= 0.3 is 0 Å². The summed E-state index contributed by atoms with van der Waals surface area (Å²) in [5.41, 5.74) is 3.86. The summed E-state index contributed by atoms with van der Waals surface area (Å²) in [7, 11) is -4.17. The topological polar surface area (TPSA) is 101 Å². The number of nitriles is 1. The number of aromatic nitrogens is 1. The molecular formula is C22H16N2O4S. The summed E-state index contributed by atoms with van der Waals surface area (Å²) in [5.74, 6) is -0.360. The van der Waals surface area contributed by atoms with E-state index in [0.717, 1.165) is 30.4 Å². The van der Waals surface area contributed by atoms with Gasteiger partial charge in [-0.25, -0.2) is 8.42 Å². The highest BCUT2D eigenvalue weighted by Crippen LogP contribution is 2.52. The van der Waals surface area contributed by atoms with Crippen LogP contribution in [0.15, 0.2) is 57.9 Å². The minimum atomic E-state index is -4.17. The Balaban J connectivity index is 1.61. The van der Waals surface area contributed by atoms with E-state index < -0.39 is 20.9 Å². The summed E-state index contributed by atoms with van der Waals surface area (Å²) in [4.78, 5) is 13.1. The largest absolute Gasteiger partial charge is 0.355 e. The van der Waals surface area contributed by atoms with Crippen LogP contribution in [-0.2, 0) is 16.3 Å². The minimum absolute atomic E-state index is 0.0416. The van der Waals surface area contributed by atoms with Crippen molar-refractivity contribution in [3.05, 3.63) is 70.9 Å². The zero-order chi connectivity index (χ0) is 20.2. The smallest absolute Gasteiger partial charge is 0.217 e. The molecule has 3 aromatic rings. The first-order chi connectivity index (χ1) is 14.0. The maximum Gasteiger partial charge on any atom is 0.217 e. The van der Waals surface area contributed by atoms with Gasteiger partial charge in [-0.2, -0.15) is 5.26 Å². The lowest BCUT2D eigenvalue weighted by atomic mass is 9.81. The lowest BCUT2D eigenvalue weighted by Gasteiger charge is -2.22. The van der Waals surface area contributed by atoms with Crippen molar-refractivity contribution in [1.82, 2.24) is 5.16 Å². The molecule has 2 aromatic carbocycles. The molecule has 144 valence electrons. The van der Waals surface area contributed by atoms with E-state index in [9.17, 15) is 18.5 Å². The Morgan fingerprint density at radius 3 is 2.69 bits per heavy atom. The maximum absolute atomic E-state index is 13.2. The Hall–Kier alpha value is -3.24. The van der Waals surface area contributed by atoms with E-state index in [1.165, 1.54) is 17.7 Å². The van der Waals surface area contributed by atoms with Crippen molar-refractivity contribution in [2.75, 3.05) is 0 Å². The van der Waals surface area contributed by atoms with Gasteiger partial charge in [0.05, 0.1) is 11.0 Å². The summed E-state index contributed by atoms with van der Waals surface area (Å²) < 4.78 is 31.4. The molecule has 7 heteroatoms. The molecule has 0 aliphatic heterocycles. The fraction of sp³-hybridized carbons (Fsp3) is 0.227. The van der Waals surface area contributed by atoms with Crippen LogP contribution in [0.2, 0.25) is 0 Å². The summed E-state index contributed by atoms with van der Waals surface area (Å²) in [6.07, 6.45) is 2.76. The fourth-order valence-electron chi connectivity index (χ4n) is 4.50. The minimum Gasteiger partial charge on any atom is -0.355 e. The first-order valence-corrected chi connectivity index (χ1v) is 10.9. The Morgan fingerprint density at radius 1 is 1.14 bits per heavy atom. The number of rotatable bonds is 4. The van der Waals surface area contributed by atoms with Crippen molar-refractivity contribution >= 4 is 15.6 Å². The van der Waals surface area contributed by atoms with Crippen LogP contribution < -0.4 is 0 Å². The highest BCUT2D eigenvalue weighted by atomic mass is 32.2. The number of hydrogen-bond acceptors (Lipinski definition) is 6. The Kier molecular flexibility index (Phi) is 3.93. The summed E-state index contributed by atoms with van der Waals surface area (Å²) in [5, 5.41) is 11.6. The fourth-order valence-corrected chi connectivity index (χ4v) is 5.84. The molecule has 2 aliphatic rings. The van der Waals surface area contributed by atoms with Crippen LogP contribution in [0.5, 0.6) is 0 Å². The molecule has 29 heavy (non-hydrogen) atoms. The zero-order valence-corrected chi connectivity index (χ0v) is 16.1. The van der Waals surface area contributed by atoms with Gasteiger partial charge in [0.1, 0.15) is 0 Å². The second kappa shape index (κ2) is 6.39. The van der Waals surface area contributed by atoms with Crippen molar-refractivity contribution in [2.24, 2.45) is 0 Å². The third-order valence-corrected chi connectivity index (χ3v) is 7.64. The normalized spacial score (nSPS) is 17.8. The first kappa shape index (κ1) is 17.8. The lowest BCUT2D eigenvalue weighted by Crippen LogP contribution is -2.30. The van der Waals surface area contributed by atoms with Crippen molar-refractivity contribution < 1.29 is 17.7 Å². The molecule has 5 rings (SSSR count). The predicted octanol–water partition coefficient (Wildman–Crippen LogP) is 3.67. The van der Waals surface area contributed by atoms with Crippen LogP contribution in [0.25, 0.3) is 11.3 Å². The molecule has 2 unspecified atom stereocenters. The van der Waals surface area contributed by atoms with E-state index in [1.807, 2.05) is 12.1 Å². The molecule has 1 heterocycles. The van der Waals surface area contributed by atoms with Gasteiger partial charge in [-0.3, -0.25) is 4.79 Å².